The van der Waals surface area contributed by atoms with E-state index in [9.17, 15) is 24.3 Å². The van der Waals surface area contributed by atoms with Gasteiger partial charge in [0.15, 0.2) is 0 Å². The number of amides is 4. The molecule has 130 valence electrons. The molecular formula is C19H14N2O5. The highest BCUT2D eigenvalue weighted by Crippen LogP contribution is 2.31. The Morgan fingerprint density at radius 1 is 0.654 bits per heavy atom. The van der Waals surface area contributed by atoms with E-state index in [0.29, 0.717) is 0 Å². The summed E-state index contributed by atoms with van der Waals surface area (Å²) in [6.45, 7) is 1.33. The summed E-state index contributed by atoms with van der Waals surface area (Å²) in [7, 11) is 0. The molecule has 4 amide bonds. The molecule has 0 radical (unpaired) electrons. The van der Waals surface area contributed by atoms with Gasteiger partial charge >= 0.3 is 0 Å². The summed E-state index contributed by atoms with van der Waals surface area (Å²) in [5.74, 6) is -2.58. The molecule has 0 bridgehead atoms. The van der Waals surface area contributed by atoms with Crippen molar-refractivity contribution in [3.63, 3.8) is 0 Å². The lowest BCUT2D eigenvalue weighted by Crippen LogP contribution is -2.58. The van der Waals surface area contributed by atoms with Gasteiger partial charge in [0.05, 0.1) is 28.4 Å². The van der Waals surface area contributed by atoms with Crippen LogP contribution in [0.2, 0.25) is 0 Å². The van der Waals surface area contributed by atoms with Crippen LogP contribution in [0.4, 0.5) is 0 Å². The minimum atomic E-state index is -1.42. The van der Waals surface area contributed by atoms with Crippen molar-refractivity contribution in [2.75, 3.05) is 0 Å². The number of benzene rings is 2. The molecule has 26 heavy (non-hydrogen) atoms. The van der Waals surface area contributed by atoms with E-state index < -0.39 is 35.9 Å². The number of carbonyl (C=O) groups excluding carboxylic acids is 4. The maximum atomic E-state index is 12.7. The van der Waals surface area contributed by atoms with Gasteiger partial charge in [0.1, 0.15) is 6.17 Å². The highest BCUT2D eigenvalue weighted by Gasteiger charge is 2.50. The van der Waals surface area contributed by atoms with Gasteiger partial charge in [0, 0.05) is 0 Å². The highest BCUT2D eigenvalue weighted by molar-refractivity contribution is 6.24. The van der Waals surface area contributed by atoms with Gasteiger partial charge in [0.25, 0.3) is 23.6 Å². The number of hydrogen-bond donors (Lipinski definition) is 1. The third-order valence-electron chi connectivity index (χ3n) is 4.61. The molecule has 2 heterocycles. The molecule has 4 rings (SSSR count). The van der Waals surface area contributed by atoms with Crippen LogP contribution in [0.5, 0.6) is 0 Å². The first-order valence-electron chi connectivity index (χ1n) is 8.05. The van der Waals surface area contributed by atoms with E-state index in [1.807, 2.05) is 0 Å². The second kappa shape index (κ2) is 5.60. The summed E-state index contributed by atoms with van der Waals surface area (Å²) in [6.07, 6.45) is -2.74. The fraction of sp³-hybridized carbons (Fsp3) is 0.158. The number of nitrogens with zero attached hydrogens (tertiary/aromatic N) is 2. The Morgan fingerprint density at radius 3 is 1.15 bits per heavy atom. The third-order valence-corrected chi connectivity index (χ3v) is 4.61. The van der Waals surface area contributed by atoms with Crippen molar-refractivity contribution in [3.8, 4) is 0 Å². The molecule has 0 aliphatic carbocycles. The molecule has 1 atom stereocenters. The van der Waals surface area contributed by atoms with Crippen molar-refractivity contribution in [3.05, 3.63) is 70.8 Å². The zero-order valence-corrected chi connectivity index (χ0v) is 13.7. The number of hydrogen-bond acceptors (Lipinski definition) is 5. The minimum Gasteiger partial charge on any atom is -0.389 e. The zero-order valence-electron chi connectivity index (χ0n) is 13.7. The summed E-state index contributed by atoms with van der Waals surface area (Å²) in [6, 6.07) is 12.5. The smallest absolute Gasteiger partial charge is 0.263 e. The second-order valence-electron chi connectivity index (χ2n) is 6.21. The molecule has 1 unspecified atom stereocenters. The molecule has 0 saturated heterocycles. The maximum Gasteiger partial charge on any atom is 0.263 e. The van der Waals surface area contributed by atoms with E-state index in [0.717, 1.165) is 9.80 Å². The number of imide groups is 2. The van der Waals surface area contributed by atoms with E-state index >= 15 is 0 Å². The van der Waals surface area contributed by atoms with Gasteiger partial charge in [0.2, 0.25) is 0 Å². The minimum absolute atomic E-state index is 0.180. The number of rotatable bonds is 3. The van der Waals surface area contributed by atoms with E-state index in [1.165, 1.54) is 31.2 Å². The Balaban J connectivity index is 1.80. The predicted molar refractivity (Wildman–Crippen MR) is 89.4 cm³/mol. The Labute approximate surface area is 148 Å². The summed E-state index contributed by atoms with van der Waals surface area (Å²) in [5.41, 5.74) is 0.721. The van der Waals surface area contributed by atoms with Gasteiger partial charge in [-0.3, -0.25) is 19.2 Å². The standard InChI is InChI=1S/C19H14N2O5/c1-10(22)15(20-16(23)11-6-2-3-7-12(11)17(20)24)21-18(25)13-8-4-5-9-14(13)19(21)26/h2-10,15,22H,1H3. The van der Waals surface area contributed by atoms with Crippen LogP contribution in [0.3, 0.4) is 0 Å². The second-order valence-corrected chi connectivity index (χ2v) is 6.21. The Kier molecular flexibility index (Phi) is 3.48. The summed E-state index contributed by atoms with van der Waals surface area (Å²) in [5, 5.41) is 10.3. The van der Waals surface area contributed by atoms with E-state index in [2.05, 4.69) is 0 Å². The quantitative estimate of drug-likeness (QED) is 0.842. The Hall–Kier alpha value is -3.32. The molecule has 2 aromatic rings. The Morgan fingerprint density at radius 2 is 0.923 bits per heavy atom. The lowest BCUT2D eigenvalue weighted by Gasteiger charge is -2.34. The summed E-state index contributed by atoms with van der Waals surface area (Å²) >= 11 is 0. The van der Waals surface area contributed by atoms with Gasteiger partial charge in [-0.2, -0.15) is 0 Å². The van der Waals surface area contributed by atoms with Gasteiger partial charge in [-0.15, -0.1) is 0 Å². The van der Waals surface area contributed by atoms with Crippen LogP contribution in [0.25, 0.3) is 0 Å². The first-order chi connectivity index (χ1) is 12.4. The molecule has 2 aromatic carbocycles. The molecule has 0 saturated carbocycles. The van der Waals surface area contributed by atoms with Crippen molar-refractivity contribution in [2.24, 2.45) is 0 Å². The average Bonchev–Trinajstić information content (AvgIpc) is 3.03. The van der Waals surface area contributed by atoms with Crippen molar-refractivity contribution >= 4 is 23.6 Å². The molecule has 2 aliphatic rings. The SMILES string of the molecule is CC(O)C(N1C(=O)c2ccccc2C1=O)N1C(=O)c2ccccc2C1=O. The van der Waals surface area contributed by atoms with Gasteiger partial charge in [-0.25, -0.2) is 9.80 Å². The largest absolute Gasteiger partial charge is 0.389 e. The molecule has 0 fully saturated rings. The van der Waals surface area contributed by atoms with Crippen molar-refractivity contribution in [1.29, 1.82) is 0 Å². The van der Waals surface area contributed by atoms with E-state index in [4.69, 9.17) is 0 Å². The van der Waals surface area contributed by atoms with Crippen molar-refractivity contribution in [1.82, 2.24) is 9.80 Å². The Bertz CT molecular complexity index is 836. The van der Waals surface area contributed by atoms with Crippen molar-refractivity contribution in [2.45, 2.75) is 19.2 Å². The number of aliphatic hydroxyl groups is 1. The van der Waals surface area contributed by atoms with Gasteiger partial charge in [-0.1, -0.05) is 24.3 Å². The van der Waals surface area contributed by atoms with Crippen molar-refractivity contribution < 1.29 is 24.3 Å². The summed E-state index contributed by atoms with van der Waals surface area (Å²) < 4.78 is 0. The average molecular weight is 350 g/mol. The van der Waals surface area contributed by atoms with Crippen LogP contribution in [0, 0.1) is 0 Å². The zero-order chi connectivity index (χ0) is 18.6. The maximum absolute atomic E-state index is 12.7. The predicted octanol–water partition coefficient (Wildman–Crippen LogP) is 1.29. The van der Waals surface area contributed by atoms with Crippen LogP contribution >= 0.6 is 0 Å². The fourth-order valence-corrected chi connectivity index (χ4v) is 3.44. The number of fused-ring (bicyclic) bond motifs is 2. The molecule has 0 aromatic heterocycles. The lowest BCUT2D eigenvalue weighted by atomic mass is 10.1. The molecule has 0 spiro atoms. The van der Waals surface area contributed by atoms with Crippen LogP contribution in [0.15, 0.2) is 48.5 Å². The van der Waals surface area contributed by atoms with Crippen LogP contribution in [-0.4, -0.2) is 50.8 Å². The topological polar surface area (TPSA) is 95.0 Å². The van der Waals surface area contributed by atoms with Gasteiger partial charge in [-0.05, 0) is 31.2 Å². The molecular weight excluding hydrogens is 336 g/mol. The molecule has 7 heteroatoms. The number of carbonyl (C=O) groups is 4. The lowest BCUT2D eigenvalue weighted by molar-refractivity contribution is -0.00618. The first kappa shape index (κ1) is 16.2. The third kappa shape index (κ3) is 2.04. The highest BCUT2D eigenvalue weighted by atomic mass is 16.3. The molecule has 1 N–H and O–H groups in total. The van der Waals surface area contributed by atoms with Gasteiger partial charge < -0.3 is 5.11 Å². The molecule has 2 aliphatic heterocycles. The fourth-order valence-electron chi connectivity index (χ4n) is 3.44. The number of aliphatic hydroxyl groups excluding tert-OH is 1. The molecule has 7 nitrogen and oxygen atoms in total. The normalized spacial score (nSPS) is 17.2. The van der Waals surface area contributed by atoms with Crippen LogP contribution in [0.1, 0.15) is 48.4 Å². The van der Waals surface area contributed by atoms with Crippen LogP contribution in [-0.2, 0) is 0 Å². The van der Waals surface area contributed by atoms with Crippen LogP contribution < -0.4 is 0 Å². The van der Waals surface area contributed by atoms with E-state index in [-0.39, 0.29) is 22.3 Å². The summed E-state index contributed by atoms with van der Waals surface area (Å²) in [4.78, 5) is 52.5. The first-order valence-corrected chi connectivity index (χ1v) is 8.05. The monoisotopic (exact) mass is 350 g/mol. The van der Waals surface area contributed by atoms with E-state index in [1.54, 1.807) is 24.3 Å².